The highest BCUT2D eigenvalue weighted by molar-refractivity contribution is 6.11. The Bertz CT molecular complexity index is 681. The highest BCUT2D eigenvalue weighted by atomic mass is 16.6. The molecular formula is C19H21NO2. The van der Waals surface area contributed by atoms with Crippen molar-refractivity contribution in [3.05, 3.63) is 59.3 Å². The molecule has 3 nitrogen and oxygen atoms in total. The topological polar surface area (TPSA) is 38.7 Å². The van der Waals surface area contributed by atoms with E-state index in [-0.39, 0.29) is 11.4 Å². The van der Waals surface area contributed by atoms with Crippen molar-refractivity contribution < 1.29 is 9.53 Å². The van der Waals surface area contributed by atoms with Crippen molar-refractivity contribution in [1.29, 1.82) is 0 Å². The highest BCUT2D eigenvalue weighted by Gasteiger charge is 2.34. The molecule has 1 aromatic carbocycles. The Morgan fingerprint density at radius 1 is 1.32 bits per heavy atom. The molecule has 1 aliphatic carbocycles. The molecule has 1 heterocycles. The van der Waals surface area contributed by atoms with E-state index in [4.69, 9.17) is 4.74 Å². The van der Waals surface area contributed by atoms with Gasteiger partial charge < -0.3 is 4.74 Å². The zero-order valence-electron chi connectivity index (χ0n) is 13.3. The summed E-state index contributed by atoms with van der Waals surface area (Å²) in [7, 11) is 0. The van der Waals surface area contributed by atoms with Crippen LogP contribution in [-0.4, -0.2) is 11.9 Å². The molecule has 3 heteroatoms. The van der Waals surface area contributed by atoms with Crippen molar-refractivity contribution in [3.8, 4) is 0 Å². The van der Waals surface area contributed by atoms with Gasteiger partial charge in [-0.1, -0.05) is 49.8 Å². The van der Waals surface area contributed by atoms with Gasteiger partial charge in [-0.15, -0.1) is 0 Å². The van der Waals surface area contributed by atoms with Gasteiger partial charge >= 0.3 is 5.97 Å². The van der Waals surface area contributed by atoms with Gasteiger partial charge in [-0.05, 0) is 43.2 Å². The molecule has 1 unspecified atom stereocenters. The van der Waals surface area contributed by atoms with Gasteiger partial charge in [0.2, 0.25) is 5.90 Å². The fourth-order valence-electron chi connectivity index (χ4n) is 2.99. The maximum absolute atomic E-state index is 12.0. The van der Waals surface area contributed by atoms with Gasteiger partial charge in [-0.2, -0.15) is 0 Å². The van der Waals surface area contributed by atoms with E-state index in [1.54, 1.807) is 0 Å². The molecule has 0 saturated carbocycles. The number of carbonyl (C=O) groups is 1. The first-order valence-corrected chi connectivity index (χ1v) is 7.72. The molecule has 114 valence electrons. The first kappa shape index (κ1) is 14.8. The molecule has 1 aliphatic heterocycles. The Morgan fingerprint density at radius 3 is 2.68 bits per heavy atom. The van der Waals surface area contributed by atoms with Crippen LogP contribution in [0.5, 0.6) is 0 Å². The Morgan fingerprint density at radius 2 is 2.05 bits per heavy atom. The quantitative estimate of drug-likeness (QED) is 0.475. The molecule has 1 atom stereocenters. The van der Waals surface area contributed by atoms with Gasteiger partial charge in [-0.3, -0.25) is 0 Å². The van der Waals surface area contributed by atoms with Gasteiger partial charge in [0.05, 0.1) is 0 Å². The number of nitrogens with zero attached hydrogens (tertiary/aromatic N) is 1. The summed E-state index contributed by atoms with van der Waals surface area (Å²) in [5.41, 5.74) is 2.88. The lowest BCUT2D eigenvalue weighted by Gasteiger charge is -2.28. The summed E-state index contributed by atoms with van der Waals surface area (Å²) >= 11 is 0. The third kappa shape index (κ3) is 2.63. The van der Waals surface area contributed by atoms with Crippen molar-refractivity contribution in [1.82, 2.24) is 0 Å². The highest BCUT2D eigenvalue weighted by Crippen LogP contribution is 2.45. The third-order valence-corrected chi connectivity index (χ3v) is 4.98. The standard InChI is InChI=1S/C19H21NO2/c1-13-9-10-15(19(13,2)3)11-12-16-18(21)22-17(20-16)14-7-5-4-6-8-14/h4-9,12,15H,10-11H2,1-3H3/b16-12-. The summed E-state index contributed by atoms with van der Waals surface area (Å²) in [6.07, 6.45) is 6.13. The summed E-state index contributed by atoms with van der Waals surface area (Å²) in [4.78, 5) is 16.3. The van der Waals surface area contributed by atoms with E-state index in [0.29, 0.717) is 17.5 Å². The molecule has 22 heavy (non-hydrogen) atoms. The molecule has 1 aromatic rings. The molecule has 0 amide bonds. The van der Waals surface area contributed by atoms with Crippen molar-refractivity contribution >= 4 is 11.9 Å². The monoisotopic (exact) mass is 295 g/mol. The lowest BCUT2D eigenvalue weighted by Crippen LogP contribution is -2.19. The second-order valence-electron chi connectivity index (χ2n) is 6.54. The lowest BCUT2D eigenvalue weighted by molar-refractivity contribution is -0.130. The van der Waals surface area contributed by atoms with Gasteiger partial charge in [0.15, 0.2) is 0 Å². The fourth-order valence-corrected chi connectivity index (χ4v) is 2.99. The average molecular weight is 295 g/mol. The Balaban J connectivity index is 1.75. The van der Waals surface area contributed by atoms with Gasteiger partial charge in [0.1, 0.15) is 5.70 Å². The van der Waals surface area contributed by atoms with Crippen LogP contribution in [0.15, 0.2) is 58.7 Å². The van der Waals surface area contributed by atoms with Crippen LogP contribution in [0, 0.1) is 11.3 Å². The first-order chi connectivity index (χ1) is 10.5. The number of carbonyl (C=O) groups excluding carboxylic acids is 1. The number of benzene rings is 1. The number of rotatable bonds is 3. The number of esters is 1. The van der Waals surface area contributed by atoms with Crippen LogP contribution in [0.25, 0.3) is 0 Å². The largest absolute Gasteiger partial charge is 0.402 e. The van der Waals surface area contributed by atoms with Crippen molar-refractivity contribution in [2.45, 2.75) is 33.6 Å². The lowest BCUT2D eigenvalue weighted by atomic mass is 9.76. The van der Waals surface area contributed by atoms with E-state index < -0.39 is 0 Å². The zero-order chi connectivity index (χ0) is 15.7. The van der Waals surface area contributed by atoms with Crippen LogP contribution in [-0.2, 0) is 9.53 Å². The smallest absolute Gasteiger partial charge is 0.363 e. The van der Waals surface area contributed by atoms with Crippen LogP contribution >= 0.6 is 0 Å². The van der Waals surface area contributed by atoms with Crippen LogP contribution < -0.4 is 0 Å². The van der Waals surface area contributed by atoms with E-state index >= 15 is 0 Å². The predicted octanol–water partition coefficient (Wildman–Crippen LogP) is 4.26. The second-order valence-corrected chi connectivity index (χ2v) is 6.54. The molecule has 3 rings (SSSR count). The number of allylic oxidation sites excluding steroid dienone is 3. The maximum Gasteiger partial charge on any atom is 0.363 e. The molecule has 0 spiro atoms. The van der Waals surface area contributed by atoms with Gasteiger partial charge in [0, 0.05) is 5.56 Å². The summed E-state index contributed by atoms with van der Waals surface area (Å²) < 4.78 is 5.28. The third-order valence-electron chi connectivity index (χ3n) is 4.98. The zero-order valence-corrected chi connectivity index (χ0v) is 13.3. The Hall–Kier alpha value is -2.16. The van der Waals surface area contributed by atoms with E-state index in [2.05, 4.69) is 31.8 Å². The van der Waals surface area contributed by atoms with Gasteiger partial charge in [-0.25, -0.2) is 9.79 Å². The van der Waals surface area contributed by atoms with Crippen molar-refractivity contribution in [3.63, 3.8) is 0 Å². The predicted molar refractivity (Wildman–Crippen MR) is 87.4 cm³/mol. The van der Waals surface area contributed by atoms with Crippen molar-refractivity contribution in [2.24, 2.45) is 16.3 Å². The van der Waals surface area contributed by atoms with E-state index in [9.17, 15) is 4.79 Å². The molecular weight excluding hydrogens is 274 g/mol. The second kappa shape index (κ2) is 5.56. The van der Waals surface area contributed by atoms with Gasteiger partial charge in [0.25, 0.3) is 0 Å². The average Bonchev–Trinajstić information content (AvgIpc) is 2.99. The number of hydrogen-bond acceptors (Lipinski definition) is 3. The fraction of sp³-hybridized carbons (Fsp3) is 0.368. The minimum Gasteiger partial charge on any atom is -0.402 e. The molecule has 0 fully saturated rings. The van der Waals surface area contributed by atoms with Crippen LogP contribution in [0.4, 0.5) is 0 Å². The Kier molecular flexibility index (Phi) is 3.73. The first-order valence-electron chi connectivity index (χ1n) is 7.72. The summed E-state index contributed by atoms with van der Waals surface area (Å²) in [5.74, 6) is 0.569. The molecule has 2 aliphatic rings. The molecule has 0 saturated heterocycles. The number of hydrogen-bond donors (Lipinski definition) is 0. The summed E-state index contributed by atoms with van der Waals surface area (Å²) in [6, 6.07) is 9.52. The minimum atomic E-state index is -0.348. The van der Waals surface area contributed by atoms with E-state index in [0.717, 1.165) is 18.4 Å². The molecule has 0 aromatic heterocycles. The summed E-state index contributed by atoms with van der Waals surface area (Å²) in [5, 5.41) is 0. The van der Waals surface area contributed by atoms with Crippen LogP contribution in [0.3, 0.4) is 0 Å². The molecule has 0 bridgehead atoms. The Labute approximate surface area is 131 Å². The number of aliphatic imine (C=N–C) groups is 1. The maximum atomic E-state index is 12.0. The molecule has 0 N–H and O–H groups in total. The van der Waals surface area contributed by atoms with Crippen molar-refractivity contribution in [2.75, 3.05) is 0 Å². The van der Waals surface area contributed by atoms with E-state index in [1.807, 2.05) is 36.4 Å². The normalized spacial score (nSPS) is 25.1. The van der Waals surface area contributed by atoms with Crippen LogP contribution in [0.2, 0.25) is 0 Å². The molecule has 0 radical (unpaired) electrons. The summed E-state index contributed by atoms with van der Waals surface area (Å²) in [6.45, 7) is 6.71. The van der Waals surface area contributed by atoms with Crippen LogP contribution in [0.1, 0.15) is 39.2 Å². The number of ether oxygens (including phenoxy) is 1. The van der Waals surface area contributed by atoms with E-state index in [1.165, 1.54) is 5.57 Å². The minimum absolute atomic E-state index is 0.186. The number of cyclic esters (lactones) is 1. The SMILES string of the molecule is CC1=CCC(C/C=C2\N=C(c3ccccc3)OC2=O)C1(C)C.